The van der Waals surface area contributed by atoms with Gasteiger partial charge in [-0.2, -0.15) is 0 Å². The number of piperidine rings is 1. The molecular formula is C18H24N4O2. The number of hydrogen-bond donors (Lipinski definition) is 1. The molecule has 1 aliphatic rings. The first-order valence-electron chi connectivity index (χ1n) is 8.45. The van der Waals surface area contributed by atoms with E-state index >= 15 is 0 Å². The third-order valence-corrected chi connectivity index (χ3v) is 4.71. The lowest BCUT2D eigenvalue weighted by atomic mass is 9.99. The molecule has 6 heteroatoms. The maximum Gasteiger partial charge on any atom is 0.255 e. The summed E-state index contributed by atoms with van der Waals surface area (Å²) in [4.78, 5) is 18.8. The number of hydrogen-bond acceptors (Lipinski definition) is 5. The van der Waals surface area contributed by atoms with E-state index in [4.69, 9.17) is 4.52 Å². The van der Waals surface area contributed by atoms with Gasteiger partial charge < -0.3 is 14.7 Å². The molecular weight excluding hydrogens is 304 g/mol. The number of pyridine rings is 1. The van der Waals surface area contributed by atoms with Crippen molar-refractivity contribution in [3.63, 3.8) is 0 Å². The molecule has 0 spiro atoms. The molecule has 24 heavy (non-hydrogen) atoms. The van der Waals surface area contributed by atoms with Crippen LogP contribution >= 0.6 is 0 Å². The number of anilines is 1. The predicted octanol–water partition coefficient (Wildman–Crippen LogP) is 3.17. The van der Waals surface area contributed by atoms with E-state index in [1.54, 1.807) is 6.20 Å². The number of likely N-dealkylation sites (tertiary alicyclic amines) is 1. The van der Waals surface area contributed by atoms with E-state index in [1.807, 2.05) is 30.9 Å². The van der Waals surface area contributed by atoms with E-state index in [0.29, 0.717) is 18.0 Å². The molecule has 1 N–H and O–H groups in total. The Morgan fingerprint density at radius 1 is 1.33 bits per heavy atom. The molecule has 2 aromatic heterocycles. The van der Waals surface area contributed by atoms with Crippen LogP contribution in [-0.4, -0.2) is 34.0 Å². The van der Waals surface area contributed by atoms with Crippen molar-refractivity contribution in [2.45, 2.75) is 40.2 Å². The van der Waals surface area contributed by atoms with Crippen LogP contribution in [0.3, 0.4) is 0 Å². The van der Waals surface area contributed by atoms with E-state index < -0.39 is 0 Å². The number of carbonyl (C=O) groups excluding carboxylic acids is 1. The largest absolute Gasteiger partial charge is 0.366 e. The summed E-state index contributed by atoms with van der Waals surface area (Å²) in [6.45, 7) is 8.33. The Morgan fingerprint density at radius 2 is 2.08 bits per heavy atom. The highest BCUT2D eigenvalue weighted by Crippen LogP contribution is 2.19. The molecule has 1 saturated heterocycles. The summed E-state index contributed by atoms with van der Waals surface area (Å²) < 4.78 is 5.15. The van der Waals surface area contributed by atoms with Crippen LogP contribution < -0.4 is 5.32 Å². The summed E-state index contributed by atoms with van der Waals surface area (Å²) in [5, 5.41) is 7.18. The molecule has 0 saturated carbocycles. The first-order chi connectivity index (χ1) is 11.5. The van der Waals surface area contributed by atoms with Gasteiger partial charge in [-0.1, -0.05) is 12.1 Å². The van der Waals surface area contributed by atoms with Crippen LogP contribution in [0.25, 0.3) is 0 Å². The van der Waals surface area contributed by atoms with E-state index in [0.717, 1.165) is 48.8 Å². The lowest BCUT2D eigenvalue weighted by molar-refractivity contribution is 0.0697. The highest BCUT2D eigenvalue weighted by atomic mass is 16.5. The quantitative estimate of drug-likeness (QED) is 0.933. The van der Waals surface area contributed by atoms with Crippen molar-refractivity contribution in [2.75, 3.05) is 18.4 Å². The fraction of sp³-hybridized carbons (Fsp3) is 0.500. The summed E-state index contributed by atoms with van der Waals surface area (Å²) in [7, 11) is 0. The fourth-order valence-corrected chi connectivity index (χ4v) is 2.95. The summed E-state index contributed by atoms with van der Waals surface area (Å²) in [5.41, 5.74) is 2.57. The van der Waals surface area contributed by atoms with Gasteiger partial charge in [0.15, 0.2) is 0 Å². The number of nitrogens with zero attached hydrogens (tertiary/aromatic N) is 3. The molecule has 1 amide bonds. The van der Waals surface area contributed by atoms with Crippen LogP contribution in [0.2, 0.25) is 0 Å². The molecule has 0 bridgehead atoms. The number of amides is 1. The van der Waals surface area contributed by atoms with Crippen LogP contribution in [0.1, 0.15) is 47.1 Å². The van der Waals surface area contributed by atoms with Gasteiger partial charge in [-0.25, -0.2) is 4.98 Å². The summed E-state index contributed by atoms with van der Waals surface area (Å²) >= 11 is 0. The number of nitrogens with one attached hydrogen (secondary N) is 1. The molecule has 0 aromatic carbocycles. The second-order valence-corrected chi connectivity index (χ2v) is 6.56. The van der Waals surface area contributed by atoms with Gasteiger partial charge in [0.2, 0.25) is 0 Å². The third kappa shape index (κ3) is 3.58. The fourth-order valence-electron chi connectivity index (χ4n) is 2.95. The first-order valence-corrected chi connectivity index (χ1v) is 8.45. The van der Waals surface area contributed by atoms with Gasteiger partial charge in [0, 0.05) is 31.4 Å². The molecule has 0 radical (unpaired) electrons. The molecule has 0 aliphatic carbocycles. The van der Waals surface area contributed by atoms with E-state index in [1.165, 1.54) is 0 Å². The Balaban J connectivity index is 1.60. The van der Waals surface area contributed by atoms with Crippen LogP contribution in [0, 0.1) is 19.8 Å². The minimum atomic E-state index is 0.0756. The molecule has 1 aliphatic heterocycles. The van der Waals surface area contributed by atoms with Gasteiger partial charge in [-0.15, -0.1) is 0 Å². The summed E-state index contributed by atoms with van der Waals surface area (Å²) in [6.07, 6.45) is 3.81. The monoisotopic (exact) mass is 328 g/mol. The van der Waals surface area contributed by atoms with Crippen molar-refractivity contribution in [2.24, 2.45) is 5.92 Å². The second kappa shape index (κ2) is 7.03. The van der Waals surface area contributed by atoms with Crippen molar-refractivity contribution in [1.29, 1.82) is 0 Å². The van der Waals surface area contributed by atoms with Gasteiger partial charge in [0.25, 0.3) is 5.91 Å². The molecule has 0 atom stereocenters. The Morgan fingerprint density at radius 3 is 2.67 bits per heavy atom. The van der Waals surface area contributed by atoms with Crippen LogP contribution in [-0.2, 0) is 6.54 Å². The van der Waals surface area contributed by atoms with Gasteiger partial charge in [-0.3, -0.25) is 4.79 Å². The zero-order valence-corrected chi connectivity index (χ0v) is 14.5. The highest BCUT2D eigenvalue weighted by molar-refractivity contribution is 5.94. The lowest BCUT2D eigenvalue weighted by Gasteiger charge is -2.30. The van der Waals surface area contributed by atoms with Gasteiger partial charge in [-0.05, 0) is 44.7 Å². The van der Waals surface area contributed by atoms with Crippen molar-refractivity contribution in [3.8, 4) is 0 Å². The van der Waals surface area contributed by atoms with E-state index in [2.05, 4.69) is 22.4 Å². The first kappa shape index (κ1) is 16.5. The third-order valence-electron chi connectivity index (χ3n) is 4.71. The Kier molecular flexibility index (Phi) is 4.83. The minimum absolute atomic E-state index is 0.0756. The van der Waals surface area contributed by atoms with E-state index in [-0.39, 0.29) is 5.91 Å². The maximum absolute atomic E-state index is 12.5. The van der Waals surface area contributed by atoms with E-state index in [9.17, 15) is 4.79 Å². The topological polar surface area (TPSA) is 71.3 Å². The number of aromatic nitrogens is 2. The number of aryl methyl sites for hydroxylation is 2. The van der Waals surface area contributed by atoms with Gasteiger partial charge >= 0.3 is 0 Å². The highest BCUT2D eigenvalue weighted by Gasteiger charge is 2.21. The maximum atomic E-state index is 12.5. The molecule has 128 valence electrons. The molecule has 2 aromatic rings. The second-order valence-electron chi connectivity index (χ2n) is 6.56. The molecule has 0 unspecified atom stereocenters. The Hall–Kier alpha value is -2.37. The standard InChI is InChI=1S/C18H24N4O2/c1-12-6-8-22(9-7-12)18(23)15-4-5-17(19-10-15)20-11-16-13(2)21-24-14(16)3/h4-5,10,12H,6-9,11H2,1-3H3,(H,19,20). The average molecular weight is 328 g/mol. The minimum Gasteiger partial charge on any atom is -0.366 e. The lowest BCUT2D eigenvalue weighted by Crippen LogP contribution is -2.37. The van der Waals surface area contributed by atoms with Gasteiger partial charge in [0.05, 0.1) is 11.3 Å². The van der Waals surface area contributed by atoms with Crippen LogP contribution in [0.5, 0.6) is 0 Å². The van der Waals surface area contributed by atoms with Crippen LogP contribution in [0.15, 0.2) is 22.9 Å². The van der Waals surface area contributed by atoms with Crippen LogP contribution in [0.4, 0.5) is 5.82 Å². The number of carbonyl (C=O) groups is 1. The molecule has 3 heterocycles. The normalized spacial score (nSPS) is 15.5. The number of rotatable bonds is 4. The molecule has 1 fully saturated rings. The SMILES string of the molecule is Cc1noc(C)c1CNc1ccc(C(=O)N2CCC(C)CC2)cn1. The summed E-state index contributed by atoms with van der Waals surface area (Å²) in [6, 6.07) is 3.68. The Bertz CT molecular complexity index is 681. The predicted molar refractivity (Wildman–Crippen MR) is 91.8 cm³/mol. The average Bonchev–Trinajstić information content (AvgIpc) is 2.92. The van der Waals surface area contributed by atoms with Gasteiger partial charge in [0.1, 0.15) is 11.6 Å². The smallest absolute Gasteiger partial charge is 0.255 e. The van der Waals surface area contributed by atoms with Crippen molar-refractivity contribution >= 4 is 11.7 Å². The molecule has 3 rings (SSSR count). The summed E-state index contributed by atoms with van der Waals surface area (Å²) in [5.74, 6) is 2.33. The Labute approximate surface area is 142 Å². The van der Waals surface area contributed by atoms with Crippen molar-refractivity contribution in [3.05, 3.63) is 40.9 Å². The van der Waals surface area contributed by atoms with Crippen molar-refractivity contribution in [1.82, 2.24) is 15.0 Å². The zero-order chi connectivity index (χ0) is 17.1. The zero-order valence-electron chi connectivity index (χ0n) is 14.5. The van der Waals surface area contributed by atoms with Crippen molar-refractivity contribution < 1.29 is 9.32 Å². The molecule has 6 nitrogen and oxygen atoms in total.